The molecule has 0 bridgehead atoms. The van der Waals surface area contributed by atoms with Crippen LogP contribution in [-0.2, 0) is 4.79 Å². The summed E-state index contributed by atoms with van der Waals surface area (Å²) in [4.78, 5) is 49.5. The number of amides is 2. The van der Waals surface area contributed by atoms with E-state index in [2.05, 4.69) is 5.43 Å². The molecule has 30 heavy (non-hydrogen) atoms. The summed E-state index contributed by atoms with van der Waals surface area (Å²) in [6, 6.07) is 4.24. The van der Waals surface area contributed by atoms with Gasteiger partial charge in [-0.2, -0.15) is 0 Å². The van der Waals surface area contributed by atoms with Crippen molar-refractivity contribution in [2.24, 2.45) is 11.8 Å². The summed E-state index contributed by atoms with van der Waals surface area (Å²) < 4.78 is 0. The van der Waals surface area contributed by atoms with Gasteiger partial charge in [-0.15, -0.1) is 0 Å². The van der Waals surface area contributed by atoms with E-state index in [9.17, 15) is 24.5 Å². The topological polar surface area (TPSA) is 136 Å². The fourth-order valence-corrected chi connectivity index (χ4v) is 4.14. The molecule has 162 valence electrons. The fraction of sp³-hybridized carbons (Fsp3) is 0.526. The number of nitrogens with one attached hydrogen (secondary N) is 1. The van der Waals surface area contributed by atoms with Crippen LogP contribution in [-0.4, -0.2) is 77.0 Å². The molecule has 2 amide bonds. The number of carboxylic acid groups (broad SMARTS) is 1. The second-order valence-corrected chi connectivity index (χ2v) is 7.94. The number of hydrogen-bond acceptors (Lipinski definition) is 7. The highest BCUT2D eigenvalue weighted by Gasteiger charge is 2.42. The highest BCUT2D eigenvalue weighted by molar-refractivity contribution is 5.99. The van der Waals surface area contributed by atoms with Gasteiger partial charge in [-0.3, -0.25) is 19.9 Å². The molecule has 0 aliphatic carbocycles. The molecule has 2 atom stereocenters. The predicted octanol–water partition coefficient (Wildman–Crippen LogP) is 1.19. The van der Waals surface area contributed by atoms with Crippen molar-refractivity contribution in [1.29, 1.82) is 0 Å². The number of nitro groups is 1. The van der Waals surface area contributed by atoms with Crippen molar-refractivity contribution in [2.75, 3.05) is 37.6 Å². The van der Waals surface area contributed by atoms with Gasteiger partial charge in [0.1, 0.15) is 11.8 Å². The minimum absolute atomic E-state index is 0.100. The maximum absolute atomic E-state index is 13.0. The van der Waals surface area contributed by atoms with E-state index in [-0.39, 0.29) is 35.7 Å². The first kappa shape index (κ1) is 21.5. The molecule has 3 rings (SSSR count). The Morgan fingerprint density at radius 1 is 1.30 bits per heavy atom. The lowest BCUT2D eigenvalue weighted by Crippen LogP contribution is -2.47. The van der Waals surface area contributed by atoms with Crippen LogP contribution in [0.4, 0.5) is 16.2 Å². The van der Waals surface area contributed by atoms with Crippen LogP contribution < -0.4 is 10.3 Å². The van der Waals surface area contributed by atoms with E-state index in [0.29, 0.717) is 38.2 Å². The lowest BCUT2D eigenvalue weighted by Gasteiger charge is -2.25. The normalized spacial score (nSPS) is 20.4. The maximum Gasteiger partial charge on any atom is 0.407 e. The summed E-state index contributed by atoms with van der Waals surface area (Å²) in [5.41, 5.74) is 3.07. The van der Waals surface area contributed by atoms with Crippen molar-refractivity contribution < 1.29 is 24.4 Å². The van der Waals surface area contributed by atoms with Crippen LogP contribution >= 0.6 is 0 Å². The van der Waals surface area contributed by atoms with Gasteiger partial charge in [0.25, 0.3) is 11.6 Å². The van der Waals surface area contributed by atoms with Crippen LogP contribution in [0.3, 0.4) is 0 Å². The number of anilines is 1. The Morgan fingerprint density at radius 2 is 1.93 bits per heavy atom. The molecule has 2 heterocycles. The van der Waals surface area contributed by atoms with E-state index < -0.39 is 16.9 Å². The van der Waals surface area contributed by atoms with Crippen LogP contribution in [0.5, 0.6) is 0 Å². The van der Waals surface area contributed by atoms with E-state index >= 15 is 0 Å². The van der Waals surface area contributed by atoms with E-state index in [1.165, 1.54) is 17.0 Å². The van der Waals surface area contributed by atoms with Gasteiger partial charge in [-0.05, 0) is 26.0 Å². The average Bonchev–Trinajstić information content (AvgIpc) is 3.25. The Kier molecular flexibility index (Phi) is 6.20. The number of fused-ring (bicyclic) bond motifs is 1. The molecule has 2 aliphatic heterocycles. The fourth-order valence-electron chi connectivity index (χ4n) is 4.14. The zero-order valence-electron chi connectivity index (χ0n) is 16.9. The molecule has 0 saturated carbocycles. The number of hydrazine groups is 1. The highest BCUT2D eigenvalue weighted by Crippen LogP contribution is 2.35. The number of hydrogen-bond donors (Lipinski definition) is 2. The summed E-state index contributed by atoms with van der Waals surface area (Å²) in [7, 11) is 0. The van der Waals surface area contributed by atoms with Gasteiger partial charge in [-0.1, -0.05) is 0 Å². The first-order chi connectivity index (χ1) is 14.2. The molecule has 2 fully saturated rings. The number of carbonyl (C=O) groups is 3. The van der Waals surface area contributed by atoms with Crippen LogP contribution in [0.25, 0.3) is 0 Å². The molecule has 0 radical (unpaired) electrons. The van der Waals surface area contributed by atoms with Gasteiger partial charge in [0.05, 0.1) is 11.5 Å². The second-order valence-electron chi connectivity index (χ2n) is 7.94. The zero-order chi connectivity index (χ0) is 22.0. The quantitative estimate of drug-likeness (QED) is 0.382. The number of carbonyl (C=O) groups excluding carboxylic acids is 2. The minimum Gasteiger partial charge on any atom is -0.465 e. The minimum atomic E-state index is -0.924. The van der Waals surface area contributed by atoms with Gasteiger partial charge < -0.3 is 19.7 Å². The second kappa shape index (κ2) is 8.66. The highest BCUT2D eigenvalue weighted by atomic mass is 16.6. The molecular weight excluding hydrogens is 394 g/mol. The van der Waals surface area contributed by atoms with Crippen molar-refractivity contribution in [1.82, 2.24) is 15.3 Å². The third-order valence-electron chi connectivity index (χ3n) is 5.45. The monoisotopic (exact) mass is 419 g/mol. The lowest BCUT2D eigenvalue weighted by atomic mass is 10.0. The van der Waals surface area contributed by atoms with Crippen molar-refractivity contribution in [3.8, 4) is 0 Å². The first-order valence-corrected chi connectivity index (χ1v) is 9.74. The summed E-state index contributed by atoms with van der Waals surface area (Å²) in [6.45, 7) is 5.49. The number of rotatable bonds is 7. The van der Waals surface area contributed by atoms with Gasteiger partial charge >= 0.3 is 6.09 Å². The molecule has 2 saturated heterocycles. The Balaban J connectivity index is 1.85. The van der Waals surface area contributed by atoms with Crippen molar-refractivity contribution in [2.45, 2.75) is 19.9 Å². The third kappa shape index (κ3) is 4.35. The van der Waals surface area contributed by atoms with Crippen LogP contribution in [0.15, 0.2) is 18.2 Å². The molecule has 11 nitrogen and oxygen atoms in total. The number of benzene rings is 1. The molecule has 11 heteroatoms. The van der Waals surface area contributed by atoms with Crippen molar-refractivity contribution >= 4 is 29.7 Å². The van der Waals surface area contributed by atoms with Gasteiger partial charge in [0.2, 0.25) is 0 Å². The standard InChI is InChI=1S/C19H25N5O6/c1-12(2)20-23(5-6-25)18(26)16-7-15(3-4-17(16)24(29)30)21-8-13-10-22(19(27)28)11-14(13)9-21/h3-4,6-7,12-14,20H,5,8-11H2,1-2H3,(H,27,28). The molecule has 0 spiro atoms. The molecular formula is C19H25N5O6. The average molecular weight is 419 g/mol. The van der Waals surface area contributed by atoms with Crippen LogP contribution in [0.1, 0.15) is 24.2 Å². The summed E-state index contributed by atoms with van der Waals surface area (Å²) >= 11 is 0. The molecule has 2 aliphatic rings. The molecule has 0 aromatic heterocycles. The summed E-state index contributed by atoms with van der Waals surface area (Å²) in [5, 5.41) is 21.7. The van der Waals surface area contributed by atoms with E-state index in [1.54, 1.807) is 19.9 Å². The summed E-state index contributed by atoms with van der Waals surface area (Å²) in [5.74, 6) is -0.282. The summed E-state index contributed by atoms with van der Waals surface area (Å²) in [6.07, 6.45) is -0.370. The molecule has 1 aromatic rings. The number of nitro benzene ring substituents is 1. The molecule has 2 unspecified atom stereocenters. The largest absolute Gasteiger partial charge is 0.465 e. The zero-order valence-corrected chi connectivity index (χ0v) is 16.9. The van der Waals surface area contributed by atoms with Crippen molar-refractivity contribution in [3.05, 3.63) is 33.9 Å². The predicted molar refractivity (Wildman–Crippen MR) is 107 cm³/mol. The Bertz CT molecular complexity index is 846. The molecule has 2 N–H and O–H groups in total. The smallest absolute Gasteiger partial charge is 0.407 e. The Hall–Kier alpha value is -3.21. The van der Waals surface area contributed by atoms with E-state index in [4.69, 9.17) is 5.11 Å². The van der Waals surface area contributed by atoms with Gasteiger partial charge in [0, 0.05) is 55.8 Å². The maximum atomic E-state index is 13.0. The Labute approximate surface area is 173 Å². The lowest BCUT2D eigenvalue weighted by molar-refractivity contribution is -0.385. The Morgan fingerprint density at radius 3 is 2.43 bits per heavy atom. The van der Waals surface area contributed by atoms with Gasteiger partial charge in [-0.25, -0.2) is 10.2 Å². The van der Waals surface area contributed by atoms with Crippen LogP contribution in [0.2, 0.25) is 0 Å². The number of likely N-dealkylation sites (tertiary alicyclic amines) is 1. The first-order valence-electron chi connectivity index (χ1n) is 9.74. The molecule has 1 aromatic carbocycles. The van der Waals surface area contributed by atoms with Crippen molar-refractivity contribution in [3.63, 3.8) is 0 Å². The number of aldehydes is 1. The van der Waals surface area contributed by atoms with Crippen LogP contribution in [0, 0.1) is 22.0 Å². The van der Waals surface area contributed by atoms with E-state index in [1.807, 2.05) is 4.90 Å². The number of nitrogens with zero attached hydrogens (tertiary/aromatic N) is 4. The van der Waals surface area contributed by atoms with E-state index in [0.717, 1.165) is 5.01 Å². The SMILES string of the molecule is CC(C)NN(CC=O)C(=O)c1cc(N2CC3CN(C(=O)O)CC3C2)ccc1[N+](=O)[O-]. The third-order valence-corrected chi connectivity index (χ3v) is 5.45. The van der Waals surface area contributed by atoms with Gasteiger partial charge in [0.15, 0.2) is 0 Å².